The molecule has 1 heterocycles. The second-order valence-electron chi connectivity index (χ2n) is 4.06. The van der Waals surface area contributed by atoms with Gasteiger partial charge in [-0.3, -0.25) is 4.57 Å². The summed E-state index contributed by atoms with van der Waals surface area (Å²) in [6.45, 7) is 0.381. The zero-order valence-corrected chi connectivity index (χ0v) is 10.2. The number of phenols is 2. The average molecular weight is 249 g/mol. The van der Waals surface area contributed by atoms with Crippen LogP contribution in [0.15, 0.2) is 18.2 Å². The SMILES string of the molecule is CN(Cc1cccc(O)c1O)c1nnc(N)n1C. The van der Waals surface area contributed by atoms with E-state index in [0.717, 1.165) is 0 Å². The van der Waals surface area contributed by atoms with Crippen molar-refractivity contribution in [3.8, 4) is 11.5 Å². The first-order valence-corrected chi connectivity index (χ1v) is 5.36. The third kappa shape index (κ3) is 2.02. The van der Waals surface area contributed by atoms with E-state index in [1.165, 1.54) is 6.07 Å². The maximum absolute atomic E-state index is 9.72. The Labute approximate surface area is 104 Å². The smallest absolute Gasteiger partial charge is 0.228 e. The van der Waals surface area contributed by atoms with E-state index >= 15 is 0 Å². The summed E-state index contributed by atoms with van der Waals surface area (Å²) in [5.74, 6) is 0.630. The molecule has 7 heteroatoms. The maximum Gasteiger partial charge on any atom is 0.228 e. The highest BCUT2D eigenvalue weighted by atomic mass is 16.3. The summed E-state index contributed by atoms with van der Waals surface area (Å²) in [5, 5.41) is 26.8. The molecule has 0 amide bonds. The lowest BCUT2D eigenvalue weighted by atomic mass is 10.2. The van der Waals surface area contributed by atoms with E-state index in [0.29, 0.717) is 24.0 Å². The van der Waals surface area contributed by atoms with Crippen LogP contribution in [0, 0.1) is 0 Å². The van der Waals surface area contributed by atoms with Crippen LogP contribution in [0.25, 0.3) is 0 Å². The van der Waals surface area contributed by atoms with Gasteiger partial charge in [0.25, 0.3) is 0 Å². The van der Waals surface area contributed by atoms with Crippen LogP contribution < -0.4 is 10.6 Å². The molecule has 18 heavy (non-hydrogen) atoms. The zero-order chi connectivity index (χ0) is 13.3. The fourth-order valence-electron chi connectivity index (χ4n) is 1.70. The Kier molecular flexibility index (Phi) is 2.97. The van der Waals surface area contributed by atoms with E-state index in [2.05, 4.69) is 10.2 Å². The van der Waals surface area contributed by atoms with Gasteiger partial charge >= 0.3 is 0 Å². The maximum atomic E-state index is 9.72. The Morgan fingerprint density at radius 2 is 2.06 bits per heavy atom. The molecule has 96 valence electrons. The summed E-state index contributed by atoms with van der Waals surface area (Å²) in [6.07, 6.45) is 0. The van der Waals surface area contributed by atoms with E-state index < -0.39 is 0 Å². The van der Waals surface area contributed by atoms with Gasteiger partial charge in [0.1, 0.15) is 0 Å². The molecular formula is C11H15N5O2. The molecule has 0 saturated carbocycles. The molecule has 2 rings (SSSR count). The Morgan fingerprint density at radius 1 is 1.33 bits per heavy atom. The average Bonchev–Trinajstić information content (AvgIpc) is 2.66. The van der Waals surface area contributed by atoms with Crippen molar-refractivity contribution >= 4 is 11.9 Å². The number of nitrogen functional groups attached to an aromatic ring is 1. The Hall–Kier alpha value is -2.44. The van der Waals surface area contributed by atoms with Crippen molar-refractivity contribution in [3.05, 3.63) is 23.8 Å². The van der Waals surface area contributed by atoms with Crippen LogP contribution >= 0.6 is 0 Å². The number of hydrogen-bond donors (Lipinski definition) is 3. The van der Waals surface area contributed by atoms with Crippen molar-refractivity contribution in [1.29, 1.82) is 0 Å². The largest absolute Gasteiger partial charge is 0.504 e. The number of nitrogens with two attached hydrogens (primary N) is 1. The van der Waals surface area contributed by atoms with Crippen molar-refractivity contribution in [2.75, 3.05) is 17.7 Å². The highest BCUT2D eigenvalue weighted by Crippen LogP contribution is 2.29. The van der Waals surface area contributed by atoms with Crippen LogP contribution in [0.5, 0.6) is 11.5 Å². The Morgan fingerprint density at radius 3 is 2.67 bits per heavy atom. The summed E-state index contributed by atoms with van der Waals surface area (Å²) in [4.78, 5) is 1.78. The number of para-hydroxylation sites is 1. The number of aromatic hydroxyl groups is 2. The molecule has 2 aromatic rings. The van der Waals surface area contributed by atoms with E-state index in [4.69, 9.17) is 5.73 Å². The topological polar surface area (TPSA) is 100 Å². The van der Waals surface area contributed by atoms with Gasteiger partial charge in [0.05, 0.1) is 0 Å². The van der Waals surface area contributed by atoms with Gasteiger partial charge in [-0.25, -0.2) is 0 Å². The minimum Gasteiger partial charge on any atom is -0.504 e. The quantitative estimate of drug-likeness (QED) is 0.683. The minimum atomic E-state index is -0.140. The van der Waals surface area contributed by atoms with Gasteiger partial charge in [-0.05, 0) is 6.07 Å². The molecule has 0 bridgehead atoms. The van der Waals surface area contributed by atoms with Gasteiger partial charge in [-0.15, -0.1) is 10.2 Å². The van der Waals surface area contributed by atoms with E-state index in [1.807, 2.05) is 0 Å². The highest BCUT2D eigenvalue weighted by Gasteiger charge is 2.13. The van der Waals surface area contributed by atoms with Crippen LogP contribution in [0.4, 0.5) is 11.9 Å². The molecule has 0 aliphatic rings. The minimum absolute atomic E-state index is 0.125. The third-order valence-electron chi connectivity index (χ3n) is 2.73. The molecular weight excluding hydrogens is 234 g/mol. The van der Waals surface area contributed by atoms with Crippen LogP contribution in [-0.4, -0.2) is 32.0 Å². The first-order valence-electron chi connectivity index (χ1n) is 5.36. The molecule has 4 N–H and O–H groups in total. The zero-order valence-electron chi connectivity index (χ0n) is 10.2. The summed E-state index contributed by atoms with van der Waals surface area (Å²) in [5.41, 5.74) is 6.20. The number of nitrogens with zero attached hydrogens (tertiary/aromatic N) is 4. The number of rotatable bonds is 3. The van der Waals surface area contributed by atoms with Crippen LogP contribution in [0.3, 0.4) is 0 Å². The van der Waals surface area contributed by atoms with Crippen molar-refractivity contribution in [1.82, 2.24) is 14.8 Å². The van der Waals surface area contributed by atoms with Crippen molar-refractivity contribution in [2.24, 2.45) is 7.05 Å². The van der Waals surface area contributed by atoms with Gasteiger partial charge in [-0.1, -0.05) is 12.1 Å². The van der Waals surface area contributed by atoms with Gasteiger partial charge in [0.2, 0.25) is 11.9 Å². The third-order valence-corrected chi connectivity index (χ3v) is 2.73. The van der Waals surface area contributed by atoms with E-state index in [9.17, 15) is 10.2 Å². The summed E-state index contributed by atoms with van der Waals surface area (Å²) >= 11 is 0. The Balaban J connectivity index is 2.24. The molecule has 1 aromatic carbocycles. The number of phenolic OH excluding ortho intramolecular Hbond substituents is 2. The fraction of sp³-hybridized carbons (Fsp3) is 0.273. The van der Waals surface area contributed by atoms with Gasteiger partial charge < -0.3 is 20.8 Å². The molecule has 0 radical (unpaired) electrons. The van der Waals surface area contributed by atoms with Crippen molar-refractivity contribution in [2.45, 2.75) is 6.54 Å². The molecule has 1 aromatic heterocycles. The van der Waals surface area contributed by atoms with E-state index in [1.54, 1.807) is 35.7 Å². The van der Waals surface area contributed by atoms with Crippen LogP contribution in [-0.2, 0) is 13.6 Å². The predicted octanol–water partition coefficient (Wildman–Crippen LogP) is 0.445. The van der Waals surface area contributed by atoms with E-state index in [-0.39, 0.29) is 11.5 Å². The summed E-state index contributed by atoms with van der Waals surface area (Å²) in [7, 11) is 3.55. The number of anilines is 2. The second-order valence-corrected chi connectivity index (χ2v) is 4.06. The van der Waals surface area contributed by atoms with Crippen molar-refractivity contribution in [3.63, 3.8) is 0 Å². The van der Waals surface area contributed by atoms with Crippen LogP contribution in [0.1, 0.15) is 5.56 Å². The molecule has 0 unspecified atom stereocenters. The molecule has 0 aliphatic carbocycles. The normalized spacial score (nSPS) is 10.6. The molecule has 0 saturated heterocycles. The van der Waals surface area contributed by atoms with Gasteiger partial charge in [0, 0.05) is 26.2 Å². The first-order chi connectivity index (χ1) is 8.50. The van der Waals surface area contributed by atoms with Gasteiger partial charge in [-0.2, -0.15) is 0 Å². The Bertz CT molecular complexity index is 567. The number of aromatic nitrogens is 3. The summed E-state index contributed by atoms with van der Waals surface area (Å²) in [6, 6.07) is 4.83. The number of benzene rings is 1. The first kappa shape index (κ1) is 12.0. The lowest BCUT2D eigenvalue weighted by Crippen LogP contribution is -2.20. The predicted molar refractivity (Wildman–Crippen MR) is 67.3 cm³/mol. The molecule has 0 spiro atoms. The second kappa shape index (κ2) is 4.44. The van der Waals surface area contributed by atoms with Crippen LogP contribution in [0.2, 0.25) is 0 Å². The summed E-state index contributed by atoms with van der Waals surface area (Å²) < 4.78 is 1.64. The standard InChI is InChI=1S/C11H15N5O2/c1-15(11-14-13-10(12)16(11)2)6-7-4-3-5-8(17)9(7)18/h3-5,17-18H,6H2,1-2H3,(H2,12,13). The highest BCUT2D eigenvalue weighted by molar-refractivity contribution is 5.46. The monoisotopic (exact) mass is 249 g/mol. The molecule has 0 atom stereocenters. The number of hydrogen-bond acceptors (Lipinski definition) is 6. The molecule has 7 nitrogen and oxygen atoms in total. The van der Waals surface area contributed by atoms with Crippen molar-refractivity contribution < 1.29 is 10.2 Å². The lowest BCUT2D eigenvalue weighted by Gasteiger charge is -2.18. The fourth-order valence-corrected chi connectivity index (χ4v) is 1.70. The molecule has 0 aliphatic heterocycles. The lowest BCUT2D eigenvalue weighted by molar-refractivity contribution is 0.399. The molecule has 0 fully saturated rings. The van der Waals surface area contributed by atoms with Gasteiger partial charge in [0.15, 0.2) is 11.5 Å².